The van der Waals surface area contributed by atoms with Crippen LogP contribution in [0.1, 0.15) is 20.3 Å². The average Bonchev–Trinajstić information content (AvgIpc) is 2.70. The van der Waals surface area contributed by atoms with Gasteiger partial charge in [-0.25, -0.2) is 0 Å². The van der Waals surface area contributed by atoms with Gasteiger partial charge in [-0.05, 0) is 18.2 Å². The van der Waals surface area contributed by atoms with Crippen molar-refractivity contribution in [2.75, 3.05) is 20.3 Å². The number of ether oxygens (including phenoxy) is 3. The number of rotatable bonds is 4. The van der Waals surface area contributed by atoms with Gasteiger partial charge in [0.15, 0.2) is 11.5 Å². The molecule has 1 aliphatic heterocycles. The molecule has 0 radical (unpaired) electrons. The lowest BCUT2D eigenvalue weighted by atomic mass is 10.1. The Morgan fingerprint density at radius 3 is 2.65 bits per heavy atom. The lowest BCUT2D eigenvalue weighted by molar-refractivity contribution is -0.144. The molecule has 1 aromatic carbocycles. The van der Waals surface area contributed by atoms with E-state index in [4.69, 9.17) is 14.2 Å². The Morgan fingerprint density at radius 2 is 1.95 bits per heavy atom. The topological polar surface area (TPSA) is 44.8 Å². The van der Waals surface area contributed by atoms with Crippen molar-refractivity contribution in [3.8, 4) is 11.5 Å². The first-order chi connectivity index (χ1) is 9.61. The summed E-state index contributed by atoms with van der Waals surface area (Å²) in [5, 5.41) is 0.132. The highest BCUT2D eigenvalue weighted by atomic mass is 32.2. The number of carbonyl (C=O) groups excluding carboxylic acids is 1. The zero-order valence-corrected chi connectivity index (χ0v) is 12.9. The molecule has 0 aliphatic carbocycles. The smallest absolute Gasteiger partial charge is 0.309 e. The lowest BCUT2D eigenvalue weighted by Gasteiger charge is -2.18. The first-order valence-corrected chi connectivity index (χ1v) is 7.64. The predicted molar refractivity (Wildman–Crippen MR) is 78.5 cm³/mol. The van der Waals surface area contributed by atoms with Crippen LogP contribution in [0.2, 0.25) is 0 Å². The second kappa shape index (κ2) is 6.88. The van der Waals surface area contributed by atoms with E-state index in [1.807, 2.05) is 32.0 Å². The summed E-state index contributed by atoms with van der Waals surface area (Å²) in [6, 6.07) is 5.91. The Labute approximate surface area is 123 Å². The van der Waals surface area contributed by atoms with Gasteiger partial charge in [-0.15, -0.1) is 11.8 Å². The van der Waals surface area contributed by atoms with Crippen LogP contribution in [0.25, 0.3) is 0 Å². The predicted octanol–water partition coefficient (Wildman–Crippen LogP) is 3.14. The molecule has 0 aromatic heterocycles. The summed E-state index contributed by atoms with van der Waals surface area (Å²) in [4.78, 5) is 12.6. The van der Waals surface area contributed by atoms with Crippen LogP contribution in [0.5, 0.6) is 11.5 Å². The third-order valence-electron chi connectivity index (χ3n) is 3.32. The van der Waals surface area contributed by atoms with E-state index < -0.39 is 0 Å². The summed E-state index contributed by atoms with van der Waals surface area (Å²) < 4.78 is 16.1. The van der Waals surface area contributed by atoms with Gasteiger partial charge in [0.1, 0.15) is 0 Å². The molecular formula is C15H20O4S. The largest absolute Gasteiger partial charge is 0.490 e. The number of methoxy groups -OCH3 is 1. The molecule has 0 spiro atoms. The first-order valence-electron chi connectivity index (χ1n) is 6.76. The van der Waals surface area contributed by atoms with Crippen LogP contribution in [0.4, 0.5) is 0 Å². The Kier molecular flexibility index (Phi) is 5.17. The Morgan fingerprint density at radius 1 is 1.25 bits per heavy atom. The molecule has 2 atom stereocenters. The third kappa shape index (κ3) is 3.60. The van der Waals surface area contributed by atoms with E-state index in [0.29, 0.717) is 13.2 Å². The van der Waals surface area contributed by atoms with E-state index in [1.54, 1.807) is 11.8 Å². The lowest BCUT2D eigenvalue weighted by Crippen LogP contribution is -2.21. The molecule has 4 nitrogen and oxygen atoms in total. The molecule has 2 rings (SSSR count). The van der Waals surface area contributed by atoms with E-state index in [1.165, 1.54) is 7.11 Å². The zero-order valence-electron chi connectivity index (χ0n) is 12.0. The third-order valence-corrected chi connectivity index (χ3v) is 4.62. The molecule has 1 aliphatic rings. The quantitative estimate of drug-likeness (QED) is 0.631. The average molecular weight is 296 g/mol. The monoisotopic (exact) mass is 296 g/mol. The van der Waals surface area contributed by atoms with Crippen molar-refractivity contribution >= 4 is 17.7 Å². The molecule has 0 N–H and O–H groups in total. The van der Waals surface area contributed by atoms with Crippen molar-refractivity contribution in [3.05, 3.63) is 18.2 Å². The molecule has 0 fully saturated rings. The fourth-order valence-corrected chi connectivity index (χ4v) is 2.98. The summed E-state index contributed by atoms with van der Waals surface area (Å²) in [6.45, 7) is 5.27. The number of esters is 1. The van der Waals surface area contributed by atoms with Gasteiger partial charge in [0.05, 0.1) is 26.2 Å². The van der Waals surface area contributed by atoms with E-state index >= 15 is 0 Å². The van der Waals surface area contributed by atoms with Crippen molar-refractivity contribution < 1.29 is 19.0 Å². The normalized spacial score (nSPS) is 16.9. The maximum Gasteiger partial charge on any atom is 0.309 e. The second-order valence-electron chi connectivity index (χ2n) is 4.79. The highest BCUT2D eigenvalue weighted by Gasteiger charge is 2.22. The number of hydrogen-bond donors (Lipinski definition) is 0. The molecule has 0 saturated carbocycles. The van der Waals surface area contributed by atoms with E-state index in [0.717, 1.165) is 22.8 Å². The van der Waals surface area contributed by atoms with E-state index in [9.17, 15) is 4.79 Å². The van der Waals surface area contributed by atoms with Crippen LogP contribution in [0.3, 0.4) is 0 Å². The number of benzene rings is 1. The number of thioether (sulfide) groups is 1. The van der Waals surface area contributed by atoms with Crippen LogP contribution in [0, 0.1) is 5.92 Å². The molecule has 0 saturated heterocycles. The summed E-state index contributed by atoms with van der Waals surface area (Å²) in [6.07, 6.45) is 0.896. The molecule has 5 heteroatoms. The molecular weight excluding hydrogens is 276 g/mol. The van der Waals surface area contributed by atoms with Gasteiger partial charge < -0.3 is 14.2 Å². The standard InChI is InChI=1S/C15H20O4S/c1-10(15(16)17-3)11(2)20-12-5-6-13-14(9-12)19-8-4-7-18-13/h5-6,9-11H,4,7-8H2,1-3H3. The minimum atomic E-state index is -0.181. The van der Waals surface area contributed by atoms with Gasteiger partial charge in [0.2, 0.25) is 0 Å². The maximum absolute atomic E-state index is 11.5. The summed E-state index contributed by atoms with van der Waals surface area (Å²) in [7, 11) is 1.42. The molecule has 0 amide bonds. The van der Waals surface area contributed by atoms with Crippen molar-refractivity contribution in [1.29, 1.82) is 0 Å². The van der Waals surface area contributed by atoms with Gasteiger partial charge in [-0.3, -0.25) is 4.79 Å². The van der Waals surface area contributed by atoms with Crippen LogP contribution in [-0.2, 0) is 9.53 Å². The molecule has 110 valence electrons. The molecule has 1 aromatic rings. The van der Waals surface area contributed by atoms with Crippen molar-refractivity contribution in [2.45, 2.75) is 30.4 Å². The Bertz CT molecular complexity index is 475. The van der Waals surface area contributed by atoms with E-state index in [-0.39, 0.29) is 17.1 Å². The molecule has 2 unspecified atom stereocenters. The second-order valence-corrected chi connectivity index (χ2v) is 6.24. The van der Waals surface area contributed by atoms with Gasteiger partial charge in [-0.1, -0.05) is 13.8 Å². The van der Waals surface area contributed by atoms with Crippen LogP contribution in [-0.4, -0.2) is 31.5 Å². The van der Waals surface area contributed by atoms with Gasteiger partial charge >= 0.3 is 5.97 Å². The highest BCUT2D eigenvalue weighted by Crippen LogP contribution is 2.36. The van der Waals surface area contributed by atoms with E-state index in [2.05, 4.69) is 0 Å². The first kappa shape index (κ1) is 15.0. The zero-order chi connectivity index (χ0) is 14.5. The fourth-order valence-electron chi connectivity index (χ4n) is 1.91. The molecule has 1 heterocycles. The van der Waals surface area contributed by atoms with Crippen molar-refractivity contribution in [1.82, 2.24) is 0 Å². The van der Waals surface area contributed by atoms with Crippen LogP contribution in [0.15, 0.2) is 23.1 Å². The van der Waals surface area contributed by atoms with Crippen LogP contribution < -0.4 is 9.47 Å². The molecule has 20 heavy (non-hydrogen) atoms. The maximum atomic E-state index is 11.5. The summed E-state index contributed by atoms with van der Waals surface area (Å²) >= 11 is 1.64. The van der Waals surface area contributed by atoms with Gasteiger partial charge in [0.25, 0.3) is 0 Å². The van der Waals surface area contributed by atoms with Crippen molar-refractivity contribution in [2.24, 2.45) is 5.92 Å². The fraction of sp³-hybridized carbons (Fsp3) is 0.533. The minimum Gasteiger partial charge on any atom is -0.490 e. The molecule has 0 bridgehead atoms. The summed E-state index contributed by atoms with van der Waals surface area (Å²) in [5.41, 5.74) is 0. The number of hydrogen-bond acceptors (Lipinski definition) is 5. The Balaban J connectivity index is 2.06. The highest BCUT2D eigenvalue weighted by molar-refractivity contribution is 8.00. The summed E-state index contributed by atoms with van der Waals surface area (Å²) in [5.74, 6) is 1.24. The van der Waals surface area contributed by atoms with Gasteiger partial charge in [0, 0.05) is 16.6 Å². The van der Waals surface area contributed by atoms with Gasteiger partial charge in [-0.2, -0.15) is 0 Å². The minimum absolute atomic E-state index is 0.132. The SMILES string of the molecule is COC(=O)C(C)C(C)Sc1ccc2c(c1)OCCCO2. The van der Waals surface area contributed by atoms with Crippen LogP contribution >= 0.6 is 11.8 Å². The Hall–Kier alpha value is -1.36. The number of carbonyl (C=O) groups is 1. The number of fused-ring (bicyclic) bond motifs is 1. The van der Waals surface area contributed by atoms with Crippen molar-refractivity contribution in [3.63, 3.8) is 0 Å².